The molecular formula is C7H12N2O. The maximum Gasteiger partial charge on any atom is 0.232 e. The molecule has 0 spiro atoms. The number of imidazole rings is 1. The van der Waals surface area contributed by atoms with Gasteiger partial charge in [-0.05, 0) is 12.3 Å². The van der Waals surface area contributed by atoms with Crippen molar-refractivity contribution in [3.8, 4) is 5.88 Å². The summed E-state index contributed by atoms with van der Waals surface area (Å²) >= 11 is 0. The normalized spacial score (nSPS) is 10.7. The molecule has 10 heavy (non-hydrogen) atoms. The summed E-state index contributed by atoms with van der Waals surface area (Å²) in [4.78, 5) is 6.55. The molecule has 0 aliphatic heterocycles. The molecule has 1 aromatic heterocycles. The van der Waals surface area contributed by atoms with Gasteiger partial charge in [0.25, 0.3) is 0 Å². The molecule has 0 unspecified atom stereocenters. The SMILES string of the molecule is CC(C)Cc1[nH]cnc1O. The van der Waals surface area contributed by atoms with E-state index in [1.807, 2.05) is 0 Å². The molecule has 0 radical (unpaired) electrons. The Balaban J connectivity index is 2.65. The predicted molar refractivity (Wildman–Crippen MR) is 38.8 cm³/mol. The van der Waals surface area contributed by atoms with Crippen molar-refractivity contribution in [3.63, 3.8) is 0 Å². The lowest BCUT2D eigenvalue weighted by molar-refractivity contribution is 0.444. The summed E-state index contributed by atoms with van der Waals surface area (Å²) in [5.74, 6) is 0.681. The second kappa shape index (κ2) is 2.73. The highest BCUT2D eigenvalue weighted by Gasteiger charge is 2.04. The number of aromatic amines is 1. The molecule has 1 heterocycles. The van der Waals surface area contributed by atoms with E-state index in [2.05, 4.69) is 23.8 Å². The van der Waals surface area contributed by atoms with Gasteiger partial charge < -0.3 is 10.1 Å². The van der Waals surface area contributed by atoms with E-state index in [4.69, 9.17) is 5.11 Å². The first-order valence-electron chi connectivity index (χ1n) is 3.41. The van der Waals surface area contributed by atoms with Crippen molar-refractivity contribution in [2.75, 3.05) is 0 Å². The molecule has 0 aliphatic carbocycles. The van der Waals surface area contributed by atoms with Crippen molar-refractivity contribution in [3.05, 3.63) is 12.0 Å². The largest absolute Gasteiger partial charge is 0.492 e. The maximum atomic E-state index is 9.06. The second-order valence-electron chi connectivity index (χ2n) is 2.80. The number of rotatable bonds is 2. The lowest BCUT2D eigenvalue weighted by atomic mass is 10.1. The molecule has 0 saturated carbocycles. The Bertz CT molecular complexity index is 205. The first-order valence-corrected chi connectivity index (χ1v) is 3.41. The summed E-state index contributed by atoms with van der Waals surface area (Å²) in [6, 6.07) is 0. The average Bonchev–Trinajstić information content (AvgIpc) is 2.15. The lowest BCUT2D eigenvalue weighted by Gasteiger charge is -2.00. The van der Waals surface area contributed by atoms with Crippen molar-refractivity contribution in [2.24, 2.45) is 5.92 Å². The molecule has 3 nitrogen and oxygen atoms in total. The van der Waals surface area contributed by atoms with Gasteiger partial charge in [0.2, 0.25) is 5.88 Å². The summed E-state index contributed by atoms with van der Waals surface area (Å²) in [5.41, 5.74) is 0.829. The first-order chi connectivity index (χ1) is 4.70. The summed E-state index contributed by atoms with van der Waals surface area (Å²) < 4.78 is 0. The van der Waals surface area contributed by atoms with Gasteiger partial charge in [0.1, 0.15) is 0 Å². The fourth-order valence-corrected chi connectivity index (χ4v) is 0.872. The Morgan fingerprint density at radius 3 is 2.80 bits per heavy atom. The van der Waals surface area contributed by atoms with Crippen LogP contribution in [0.1, 0.15) is 19.5 Å². The fraction of sp³-hybridized carbons (Fsp3) is 0.571. The number of aromatic hydroxyl groups is 1. The van der Waals surface area contributed by atoms with Crippen molar-refractivity contribution in [1.29, 1.82) is 0 Å². The van der Waals surface area contributed by atoms with E-state index in [0.717, 1.165) is 12.1 Å². The minimum Gasteiger partial charge on any atom is -0.492 e. The zero-order valence-corrected chi connectivity index (χ0v) is 6.26. The van der Waals surface area contributed by atoms with Gasteiger partial charge in [-0.1, -0.05) is 13.8 Å². The van der Waals surface area contributed by atoms with Crippen LogP contribution in [0.25, 0.3) is 0 Å². The number of aromatic nitrogens is 2. The van der Waals surface area contributed by atoms with Gasteiger partial charge in [-0.2, -0.15) is 0 Å². The summed E-state index contributed by atoms with van der Waals surface area (Å²) in [7, 11) is 0. The van der Waals surface area contributed by atoms with Crippen LogP contribution in [0.2, 0.25) is 0 Å². The molecule has 56 valence electrons. The van der Waals surface area contributed by atoms with Gasteiger partial charge >= 0.3 is 0 Å². The Hall–Kier alpha value is -0.990. The molecule has 0 fully saturated rings. The van der Waals surface area contributed by atoms with Crippen molar-refractivity contribution in [1.82, 2.24) is 9.97 Å². The van der Waals surface area contributed by atoms with Gasteiger partial charge in [0.05, 0.1) is 12.0 Å². The van der Waals surface area contributed by atoms with Crippen LogP contribution in [0.5, 0.6) is 5.88 Å². The molecule has 0 atom stereocenters. The zero-order valence-electron chi connectivity index (χ0n) is 6.26. The molecule has 0 aliphatic rings. The van der Waals surface area contributed by atoms with Crippen LogP contribution in [0, 0.1) is 5.92 Å². The molecule has 1 aromatic rings. The molecule has 0 saturated heterocycles. The molecule has 1 rings (SSSR count). The summed E-state index contributed by atoms with van der Waals surface area (Å²) in [6.45, 7) is 4.20. The number of hydrogen-bond donors (Lipinski definition) is 2. The van der Waals surface area contributed by atoms with Gasteiger partial charge in [0, 0.05) is 0 Å². The van der Waals surface area contributed by atoms with E-state index in [1.165, 1.54) is 6.33 Å². The van der Waals surface area contributed by atoms with Crippen molar-refractivity contribution >= 4 is 0 Å². The average molecular weight is 140 g/mol. The Kier molecular flexibility index (Phi) is 1.94. The van der Waals surface area contributed by atoms with E-state index in [9.17, 15) is 0 Å². The van der Waals surface area contributed by atoms with Gasteiger partial charge in [-0.15, -0.1) is 0 Å². The van der Waals surface area contributed by atoms with E-state index in [1.54, 1.807) is 0 Å². The Morgan fingerprint density at radius 1 is 1.70 bits per heavy atom. The van der Waals surface area contributed by atoms with Crippen LogP contribution >= 0.6 is 0 Å². The quantitative estimate of drug-likeness (QED) is 0.650. The second-order valence-corrected chi connectivity index (χ2v) is 2.80. The standard InChI is InChI=1S/C7H12N2O/c1-5(2)3-6-7(10)9-4-8-6/h4-5,10H,3H2,1-2H3,(H,8,9). The molecule has 3 heteroatoms. The minimum atomic E-state index is 0.133. The molecule has 2 N–H and O–H groups in total. The van der Waals surface area contributed by atoms with Gasteiger partial charge in [-0.25, -0.2) is 4.98 Å². The first kappa shape index (κ1) is 7.12. The van der Waals surface area contributed by atoms with Crippen molar-refractivity contribution < 1.29 is 5.11 Å². The van der Waals surface area contributed by atoms with Crippen molar-refractivity contribution in [2.45, 2.75) is 20.3 Å². The summed E-state index contributed by atoms with van der Waals surface area (Å²) in [5, 5.41) is 9.06. The highest BCUT2D eigenvalue weighted by atomic mass is 16.3. The molecular weight excluding hydrogens is 128 g/mol. The number of nitrogens with zero attached hydrogens (tertiary/aromatic N) is 1. The molecule has 0 bridgehead atoms. The van der Waals surface area contributed by atoms with Crippen LogP contribution in [-0.2, 0) is 6.42 Å². The van der Waals surface area contributed by atoms with Crippen LogP contribution in [-0.4, -0.2) is 15.1 Å². The monoisotopic (exact) mass is 140 g/mol. The Labute approximate surface area is 60.1 Å². The topological polar surface area (TPSA) is 48.9 Å². The van der Waals surface area contributed by atoms with E-state index in [0.29, 0.717) is 5.92 Å². The number of nitrogens with one attached hydrogen (secondary N) is 1. The predicted octanol–water partition coefficient (Wildman–Crippen LogP) is 1.31. The number of hydrogen-bond acceptors (Lipinski definition) is 2. The van der Waals surface area contributed by atoms with Gasteiger partial charge in [-0.3, -0.25) is 0 Å². The third kappa shape index (κ3) is 1.50. The molecule has 0 amide bonds. The van der Waals surface area contributed by atoms with Crippen LogP contribution in [0.3, 0.4) is 0 Å². The smallest absolute Gasteiger partial charge is 0.232 e. The lowest BCUT2D eigenvalue weighted by Crippen LogP contribution is -1.93. The highest BCUT2D eigenvalue weighted by Crippen LogP contribution is 2.13. The van der Waals surface area contributed by atoms with Gasteiger partial charge in [0.15, 0.2) is 0 Å². The zero-order chi connectivity index (χ0) is 7.56. The number of H-pyrrole nitrogens is 1. The molecule has 0 aromatic carbocycles. The van der Waals surface area contributed by atoms with Crippen LogP contribution < -0.4 is 0 Å². The third-order valence-electron chi connectivity index (χ3n) is 1.31. The summed E-state index contributed by atoms with van der Waals surface area (Å²) in [6.07, 6.45) is 2.36. The fourth-order valence-electron chi connectivity index (χ4n) is 0.872. The highest BCUT2D eigenvalue weighted by molar-refractivity contribution is 5.15. The van der Waals surface area contributed by atoms with Crippen LogP contribution in [0.15, 0.2) is 6.33 Å². The third-order valence-corrected chi connectivity index (χ3v) is 1.31. The Morgan fingerprint density at radius 2 is 2.40 bits per heavy atom. The van der Waals surface area contributed by atoms with E-state index in [-0.39, 0.29) is 5.88 Å². The minimum absolute atomic E-state index is 0.133. The van der Waals surface area contributed by atoms with E-state index >= 15 is 0 Å². The van der Waals surface area contributed by atoms with Crippen LogP contribution in [0.4, 0.5) is 0 Å². The van der Waals surface area contributed by atoms with E-state index < -0.39 is 0 Å². The maximum absolute atomic E-state index is 9.06.